The highest BCUT2D eigenvalue weighted by atomic mass is 16.5. The first-order chi connectivity index (χ1) is 17.6. The SMILES string of the molecule is COc1cccc(C(=O)N2CCC(N3CCc4ccccc4C3CC(=O)NCc3ccco3)CC2)c1. The first-order valence-electron chi connectivity index (χ1n) is 12.7. The highest BCUT2D eigenvalue weighted by molar-refractivity contribution is 5.94. The number of methoxy groups -OCH3 is 1. The predicted molar refractivity (Wildman–Crippen MR) is 137 cm³/mol. The summed E-state index contributed by atoms with van der Waals surface area (Å²) < 4.78 is 10.6. The van der Waals surface area contributed by atoms with Crippen molar-refractivity contribution < 1.29 is 18.7 Å². The van der Waals surface area contributed by atoms with Gasteiger partial charge >= 0.3 is 0 Å². The lowest BCUT2D eigenvalue weighted by molar-refractivity contribution is -0.123. The van der Waals surface area contributed by atoms with Crippen molar-refractivity contribution in [3.05, 3.63) is 89.4 Å². The Balaban J connectivity index is 1.25. The third-order valence-electron chi connectivity index (χ3n) is 7.41. The molecule has 0 saturated carbocycles. The van der Waals surface area contributed by atoms with Crippen molar-refractivity contribution in [2.24, 2.45) is 0 Å². The van der Waals surface area contributed by atoms with Gasteiger partial charge in [0.1, 0.15) is 11.5 Å². The van der Waals surface area contributed by atoms with Crippen molar-refractivity contribution in [3.8, 4) is 5.75 Å². The minimum Gasteiger partial charge on any atom is -0.497 e. The third kappa shape index (κ3) is 5.31. The van der Waals surface area contributed by atoms with E-state index in [0.29, 0.717) is 43.4 Å². The predicted octanol–water partition coefficient (Wildman–Crippen LogP) is 4.20. The summed E-state index contributed by atoms with van der Waals surface area (Å²) in [5.41, 5.74) is 3.22. The first-order valence-corrected chi connectivity index (χ1v) is 12.7. The number of piperidine rings is 1. The van der Waals surface area contributed by atoms with Gasteiger partial charge in [0.15, 0.2) is 0 Å². The molecule has 5 rings (SSSR count). The van der Waals surface area contributed by atoms with Gasteiger partial charge in [-0.15, -0.1) is 0 Å². The average Bonchev–Trinajstić information content (AvgIpc) is 3.46. The summed E-state index contributed by atoms with van der Waals surface area (Å²) in [4.78, 5) is 30.5. The van der Waals surface area contributed by atoms with Crippen LogP contribution in [0.15, 0.2) is 71.3 Å². The summed E-state index contributed by atoms with van der Waals surface area (Å²) in [5.74, 6) is 1.50. The molecule has 7 nitrogen and oxygen atoms in total. The average molecular weight is 488 g/mol. The molecule has 1 N–H and O–H groups in total. The second kappa shape index (κ2) is 11.0. The number of nitrogens with zero attached hydrogens (tertiary/aromatic N) is 2. The van der Waals surface area contributed by atoms with Crippen LogP contribution in [0.5, 0.6) is 5.75 Å². The Morgan fingerprint density at radius 2 is 1.86 bits per heavy atom. The smallest absolute Gasteiger partial charge is 0.253 e. The largest absolute Gasteiger partial charge is 0.497 e. The summed E-state index contributed by atoms with van der Waals surface area (Å²) in [6, 6.07) is 19.9. The molecule has 2 amide bonds. The molecule has 2 aliphatic heterocycles. The number of amides is 2. The quantitative estimate of drug-likeness (QED) is 0.541. The number of hydrogen-bond donors (Lipinski definition) is 1. The molecule has 0 radical (unpaired) electrons. The molecule has 1 atom stereocenters. The summed E-state index contributed by atoms with van der Waals surface area (Å²) in [6.07, 6.45) is 4.78. The maximum atomic E-state index is 13.1. The van der Waals surface area contributed by atoms with E-state index >= 15 is 0 Å². The normalized spacial score (nSPS) is 18.5. The van der Waals surface area contributed by atoms with Crippen molar-refractivity contribution in [1.29, 1.82) is 0 Å². The van der Waals surface area contributed by atoms with Crippen LogP contribution >= 0.6 is 0 Å². The van der Waals surface area contributed by atoms with E-state index < -0.39 is 0 Å². The molecule has 36 heavy (non-hydrogen) atoms. The number of furan rings is 1. The summed E-state index contributed by atoms with van der Waals surface area (Å²) in [7, 11) is 1.61. The molecule has 0 bridgehead atoms. The van der Waals surface area contributed by atoms with Crippen molar-refractivity contribution in [3.63, 3.8) is 0 Å². The van der Waals surface area contributed by atoms with Gasteiger partial charge in [0, 0.05) is 43.7 Å². The second-order valence-electron chi connectivity index (χ2n) is 9.52. The fourth-order valence-corrected chi connectivity index (χ4v) is 5.52. The second-order valence-corrected chi connectivity index (χ2v) is 9.52. The molecule has 7 heteroatoms. The highest BCUT2D eigenvalue weighted by Crippen LogP contribution is 2.36. The van der Waals surface area contributed by atoms with Crippen LogP contribution in [0, 0.1) is 0 Å². The number of rotatable bonds is 7. The molecule has 0 aliphatic carbocycles. The standard InChI is InChI=1S/C29H33N3O4/c1-35-24-8-4-7-22(18-24)29(34)31-14-12-23(13-15-31)32-16-11-21-6-2-3-10-26(21)27(32)19-28(33)30-20-25-9-5-17-36-25/h2-10,17-18,23,27H,11-16,19-20H2,1H3,(H,30,33). The number of carbonyl (C=O) groups is 2. The monoisotopic (exact) mass is 487 g/mol. The van der Waals surface area contributed by atoms with Gasteiger partial charge in [-0.25, -0.2) is 0 Å². The van der Waals surface area contributed by atoms with E-state index in [1.807, 2.05) is 35.2 Å². The van der Waals surface area contributed by atoms with E-state index in [-0.39, 0.29) is 17.9 Å². The van der Waals surface area contributed by atoms with Crippen LogP contribution < -0.4 is 10.1 Å². The van der Waals surface area contributed by atoms with Crippen LogP contribution in [0.25, 0.3) is 0 Å². The molecule has 2 aliphatic rings. The zero-order chi connectivity index (χ0) is 24.9. The van der Waals surface area contributed by atoms with Gasteiger partial charge in [0.05, 0.1) is 19.9 Å². The van der Waals surface area contributed by atoms with Gasteiger partial charge in [0.2, 0.25) is 5.91 Å². The number of benzene rings is 2. The van der Waals surface area contributed by atoms with Crippen molar-refractivity contribution in [2.75, 3.05) is 26.7 Å². The van der Waals surface area contributed by atoms with Crippen LogP contribution in [0.1, 0.15) is 52.5 Å². The molecule has 188 valence electrons. The molecular weight excluding hydrogens is 454 g/mol. The van der Waals surface area contributed by atoms with E-state index in [1.54, 1.807) is 19.4 Å². The molecule has 3 heterocycles. The van der Waals surface area contributed by atoms with Crippen LogP contribution in [0.2, 0.25) is 0 Å². The van der Waals surface area contributed by atoms with Gasteiger partial charge in [-0.1, -0.05) is 30.3 Å². The number of ether oxygens (including phenoxy) is 1. The molecule has 1 unspecified atom stereocenters. The summed E-state index contributed by atoms with van der Waals surface area (Å²) >= 11 is 0. The summed E-state index contributed by atoms with van der Waals surface area (Å²) in [6.45, 7) is 2.72. The van der Waals surface area contributed by atoms with E-state index in [9.17, 15) is 9.59 Å². The fraction of sp³-hybridized carbons (Fsp3) is 0.379. The Morgan fingerprint density at radius 3 is 2.64 bits per heavy atom. The number of fused-ring (bicyclic) bond motifs is 1. The zero-order valence-corrected chi connectivity index (χ0v) is 20.7. The topological polar surface area (TPSA) is 75.0 Å². The van der Waals surface area contributed by atoms with E-state index in [0.717, 1.165) is 31.6 Å². The lowest BCUT2D eigenvalue weighted by Gasteiger charge is -2.45. The highest BCUT2D eigenvalue weighted by Gasteiger charge is 2.36. The molecule has 3 aromatic rings. The Hall–Kier alpha value is -3.58. The van der Waals surface area contributed by atoms with Crippen LogP contribution in [0.4, 0.5) is 0 Å². The third-order valence-corrected chi connectivity index (χ3v) is 7.41. The Kier molecular flexibility index (Phi) is 7.37. The van der Waals surface area contributed by atoms with Gasteiger partial charge < -0.3 is 19.4 Å². The van der Waals surface area contributed by atoms with Crippen molar-refractivity contribution in [1.82, 2.24) is 15.1 Å². The zero-order valence-electron chi connectivity index (χ0n) is 20.7. The van der Waals surface area contributed by atoms with E-state index in [4.69, 9.17) is 9.15 Å². The van der Waals surface area contributed by atoms with E-state index in [2.05, 4.69) is 34.5 Å². The molecular formula is C29H33N3O4. The molecule has 2 aromatic carbocycles. The summed E-state index contributed by atoms with van der Waals surface area (Å²) in [5, 5.41) is 3.01. The lowest BCUT2D eigenvalue weighted by atomic mass is 9.87. The maximum absolute atomic E-state index is 13.1. The lowest BCUT2D eigenvalue weighted by Crippen LogP contribution is -2.50. The fourth-order valence-electron chi connectivity index (χ4n) is 5.52. The molecule has 1 aromatic heterocycles. The maximum Gasteiger partial charge on any atom is 0.253 e. The van der Waals surface area contributed by atoms with Gasteiger partial charge in [0.25, 0.3) is 5.91 Å². The van der Waals surface area contributed by atoms with Gasteiger partial charge in [-0.05, 0) is 60.7 Å². The van der Waals surface area contributed by atoms with Crippen LogP contribution in [-0.4, -0.2) is 54.4 Å². The number of hydrogen-bond acceptors (Lipinski definition) is 5. The Labute approximate surface area is 212 Å². The Bertz CT molecular complexity index is 1180. The first kappa shape index (κ1) is 24.1. The molecule has 1 fully saturated rings. The number of nitrogens with one attached hydrogen (secondary N) is 1. The minimum atomic E-state index is 0.0174. The number of carbonyl (C=O) groups excluding carboxylic acids is 2. The van der Waals surface area contributed by atoms with Crippen LogP contribution in [0.3, 0.4) is 0 Å². The molecule has 1 saturated heterocycles. The number of likely N-dealkylation sites (tertiary alicyclic amines) is 1. The van der Waals surface area contributed by atoms with Gasteiger partial charge in [-0.2, -0.15) is 0 Å². The minimum absolute atomic E-state index is 0.0174. The van der Waals surface area contributed by atoms with Crippen LogP contribution in [-0.2, 0) is 17.8 Å². The molecule has 0 spiro atoms. The van der Waals surface area contributed by atoms with Gasteiger partial charge in [-0.3, -0.25) is 14.5 Å². The Morgan fingerprint density at radius 1 is 1.03 bits per heavy atom. The van der Waals surface area contributed by atoms with Crippen molar-refractivity contribution >= 4 is 11.8 Å². The van der Waals surface area contributed by atoms with E-state index in [1.165, 1.54) is 11.1 Å². The van der Waals surface area contributed by atoms with Crippen molar-refractivity contribution in [2.45, 2.75) is 44.3 Å².